The van der Waals surface area contributed by atoms with Gasteiger partial charge in [-0.05, 0) is 80.3 Å². The zero-order chi connectivity index (χ0) is 28.8. The first-order valence-electron chi connectivity index (χ1n) is 14.5. The molecule has 0 unspecified atom stereocenters. The van der Waals surface area contributed by atoms with E-state index in [2.05, 4.69) is 24.4 Å². The summed E-state index contributed by atoms with van der Waals surface area (Å²) in [5.74, 6) is -0.676. The fourth-order valence-electron chi connectivity index (χ4n) is 6.32. The molecule has 6 rings (SSSR count). The maximum absolute atomic E-state index is 13.9. The molecule has 3 N–H and O–H groups in total. The van der Waals surface area contributed by atoms with Crippen LogP contribution >= 0.6 is 0 Å². The van der Waals surface area contributed by atoms with Gasteiger partial charge in [-0.15, -0.1) is 0 Å². The van der Waals surface area contributed by atoms with E-state index in [1.807, 2.05) is 31.4 Å². The van der Waals surface area contributed by atoms with Crippen molar-refractivity contribution in [3.05, 3.63) is 48.2 Å². The van der Waals surface area contributed by atoms with Gasteiger partial charge in [0.15, 0.2) is 0 Å². The van der Waals surface area contributed by atoms with Gasteiger partial charge in [0, 0.05) is 50.5 Å². The molecule has 1 saturated carbocycles. The minimum atomic E-state index is -3.71. The SMILES string of the molecule is Cn1ccc2cc(NC(=O)c3ccc(NS(=O)(=O)CCO)cc3N3CCC4(CC3)CC4)cc(N3CCC(F)CC3)c21. The minimum absolute atomic E-state index is 0.278. The molecule has 2 aliphatic heterocycles. The van der Waals surface area contributed by atoms with Crippen molar-refractivity contribution in [1.82, 2.24) is 4.57 Å². The highest BCUT2D eigenvalue weighted by Crippen LogP contribution is 2.54. The van der Waals surface area contributed by atoms with Gasteiger partial charge in [0.1, 0.15) is 6.17 Å². The molecule has 1 aliphatic carbocycles. The van der Waals surface area contributed by atoms with Crippen LogP contribution in [0.15, 0.2) is 42.6 Å². The van der Waals surface area contributed by atoms with Crippen LogP contribution in [0.4, 0.5) is 27.1 Å². The predicted molar refractivity (Wildman–Crippen MR) is 161 cm³/mol. The van der Waals surface area contributed by atoms with E-state index < -0.39 is 28.6 Å². The molecule has 220 valence electrons. The summed E-state index contributed by atoms with van der Waals surface area (Å²) in [5, 5.41) is 13.2. The largest absolute Gasteiger partial charge is 0.395 e. The van der Waals surface area contributed by atoms with Crippen molar-refractivity contribution in [2.24, 2.45) is 12.5 Å². The molecule has 2 aromatic carbocycles. The van der Waals surface area contributed by atoms with Crippen molar-refractivity contribution >= 4 is 49.6 Å². The Labute approximate surface area is 240 Å². The number of alkyl halides is 1. The molecule has 3 heterocycles. The number of amides is 1. The van der Waals surface area contributed by atoms with Gasteiger partial charge in [-0.25, -0.2) is 12.8 Å². The number of aliphatic hydroxyl groups is 1. The smallest absolute Gasteiger partial charge is 0.257 e. The van der Waals surface area contributed by atoms with Crippen molar-refractivity contribution < 1.29 is 22.7 Å². The molecule has 3 fully saturated rings. The molecule has 41 heavy (non-hydrogen) atoms. The Morgan fingerprint density at radius 2 is 1.66 bits per heavy atom. The van der Waals surface area contributed by atoms with Crippen LogP contribution in [0.5, 0.6) is 0 Å². The lowest BCUT2D eigenvalue weighted by atomic mass is 9.93. The average Bonchev–Trinajstić information content (AvgIpc) is 3.59. The van der Waals surface area contributed by atoms with Crippen molar-refractivity contribution in [2.45, 2.75) is 44.7 Å². The third-order valence-electron chi connectivity index (χ3n) is 8.97. The van der Waals surface area contributed by atoms with E-state index in [9.17, 15) is 17.6 Å². The summed E-state index contributed by atoms with van der Waals surface area (Å²) in [6.45, 7) is 2.37. The Morgan fingerprint density at radius 1 is 0.976 bits per heavy atom. The molecule has 9 nitrogen and oxygen atoms in total. The second kappa shape index (κ2) is 10.8. The van der Waals surface area contributed by atoms with E-state index in [4.69, 9.17) is 5.11 Å². The number of rotatable bonds is 8. The van der Waals surface area contributed by atoms with Gasteiger partial charge in [0.05, 0.1) is 40.5 Å². The number of aliphatic hydroxyl groups excluding tert-OH is 1. The molecule has 1 aromatic heterocycles. The number of benzene rings is 2. The number of carbonyl (C=O) groups excluding carboxylic acids is 1. The van der Waals surface area contributed by atoms with Crippen molar-refractivity contribution in [2.75, 3.05) is 58.4 Å². The van der Waals surface area contributed by atoms with Crippen molar-refractivity contribution in [3.8, 4) is 0 Å². The molecule has 11 heteroatoms. The normalized spacial score (nSPS) is 19.1. The molecule has 0 bridgehead atoms. The summed E-state index contributed by atoms with van der Waals surface area (Å²) in [6, 6.07) is 10.9. The van der Waals surface area contributed by atoms with Crippen LogP contribution in [0.1, 0.15) is 48.9 Å². The number of aromatic nitrogens is 1. The molecule has 0 atom stereocenters. The number of fused-ring (bicyclic) bond motifs is 1. The summed E-state index contributed by atoms with van der Waals surface area (Å²) in [4.78, 5) is 18.2. The zero-order valence-electron chi connectivity index (χ0n) is 23.4. The maximum atomic E-state index is 13.9. The van der Waals surface area contributed by atoms with E-state index in [0.717, 1.165) is 42.5 Å². The van der Waals surface area contributed by atoms with Crippen LogP contribution in [-0.4, -0.2) is 68.7 Å². The minimum Gasteiger partial charge on any atom is -0.395 e. The zero-order valence-corrected chi connectivity index (χ0v) is 24.2. The summed E-state index contributed by atoms with van der Waals surface area (Å²) < 4.78 is 43.2. The number of sulfonamides is 1. The van der Waals surface area contributed by atoms with E-state index in [-0.39, 0.29) is 5.91 Å². The topological polar surface area (TPSA) is 107 Å². The van der Waals surface area contributed by atoms with Crippen LogP contribution < -0.4 is 19.8 Å². The molecule has 2 saturated heterocycles. The lowest BCUT2D eigenvalue weighted by molar-refractivity contribution is 0.102. The number of anilines is 4. The fourth-order valence-corrected chi connectivity index (χ4v) is 7.15. The number of halogens is 1. The van der Waals surface area contributed by atoms with E-state index >= 15 is 0 Å². The monoisotopic (exact) mass is 583 g/mol. The molecule has 0 radical (unpaired) electrons. The number of hydrogen-bond acceptors (Lipinski definition) is 6. The molecule has 3 aliphatic rings. The van der Waals surface area contributed by atoms with Crippen LogP contribution in [0.25, 0.3) is 10.9 Å². The van der Waals surface area contributed by atoms with Gasteiger partial charge in [0.2, 0.25) is 10.0 Å². The Morgan fingerprint density at radius 3 is 2.34 bits per heavy atom. The second-order valence-corrected chi connectivity index (χ2v) is 13.7. The number of nitrogens with one attached hydrogen (secondary N) is 2. The lowest BCUT2D eigenvalue weighted by Crippen LogP contribution is -2.36. The van der Waals surface area contributed by atoms with E-state index in [0.29, 0.717) is 54.0 Å². The summed E-state index contributed by atoms with van der Waals surface area (Å²) in [7, 11) is -1.72. The van der Waals surface area contributed by atoms with Crippen LogP contribution in [0.2, 0.25) is 0 Å². The fraction of sp³-hybridized carbons (Fsp3) is 0.500. The summed E-state index contributed by atoms with van der Waals surface area (Å²) >= 11 is 0. The molecular weight excluding hydrogens is 545 g/mol. The number of nitrogens with zero attached hydrogens (tertiary/aromatic N) is 3. The predicted octanol–water partition coefficient (Wildman–Crippen LogP) is 4.48. The Bertz CT molecular complexity index is 1550. The van der Waals surface area contributed by atoms with E-state index in [1.165, 1.54) is 12.8 Å². The van der Waals surface area contributed by atoms with Gasteiger partial charge < -0.3 is 24.8 Å². The van der Waals surface area contributed by atoms with Gasteiger partial charge in [-0.1, -0.05) is 0 Å². The second-order valence-electron chi connectivity index (χ2n) is 11.8. The summed E-state index contributed by atoms with van der Waals surface area (Å²) in [6.07, 6.45) is 6.78. The Balaban J connectivity index is 1.31. The summed E-state index contributed by atoms with van der Waals surface area (Å²) in [5.41, 5.74) is 4.63. The number of hydrogen-bond donors (Lipinski definition) is 3. The van der Waals surface area contributed by atoms with Crippen molar-refractivity contribution in [1.29, 1.82) is 0 Å². The number of piperidine rings is 2. The van der Waals surface area contributed by atoms with Crippen molar-refractivity contribution in [3.63, 3.8) is 0 Å². The van der Waals surface area contributed by atoms with Gasteiger partial charge in [0.25, 0.3) is 5.91 Å². The highest BCUT2D eigenvalue weighted by Gasteiger charge is 2.44. The third-order valence-corrected chi connectivity index (χ3v) is 10.2. The Hall–Kier alpha value is -3.31. The highest BCUT2D eigenvalue weighted by atomic mass is 32.2. The number of aryl methyl sites for hydroxylation is 1. The quantitative estimate of drug-likeness (QED) is 0.361. The maximum Gasteiger partial charge on any atom is 0.257 e. The molecule has 3 aromatic rings. The molecule has 1 amide bonds. The van der Waals surface area contributed by atoms with Gasteiger partial charge >= 0.3 is 0 Å². The first-order chi connectivity index (χ1) is 19.7. The third kappa shape index (κ3) is 5.88. The number of carbonyl (C=O) groups is 1. The first kappa shape index (κ1) is 27.8. The van der Waals surface area contributed by atoms with Gasteiger partial charge in [-0.3, -0.25) is 9.52 Å². The van der Waals surface area contributed by atoms with Crippen LogP contribution in [-0.2, 0) is 17.1 Å². The Kier molecular flexibility index (Phi) is 7.35. The average molecular weight is 584 g/mol. The standard InChI is InChI=1S/C30H38FN5O4S/c1-34-11-4-21-18-24(20-27(28(21)34)35-12-5-22(31)6-13-35)32-29(38)25-3-2-23(33-41(39,40)17-16-37)19-26(25)36-14-9-30(7-8-30)10-15-36/h2-4,11,18-20,22,33,37H,5-10,12-17H2,1H3,(H,32,38). The lowest BCUT2D eigenvalue weighted by Gasteiger charge is -2.35. The van der Waals surface area contributed by atoms with Crippen LogP contribution in [0, 0.1) is 5.41 Å². The highest BCUT2D eigenvalue weighted by molar-refractivity contribution is 7.92. The van der Waals surface area contributed by atoms with Gasteiger partial charge in [-0.2, -0.15) is 0 Å². The first-order valence-corrected chi connectivity index (χ1v) is 16.1. The molecular formula is C30H38FN5O4S. The van der Waals surface area contributed by atoms with E-state index in [1.54, 1.807) is 18.2 Å². The van der Waals surface area contributed by atoms with Crippen LogP contribution in [0.3, 0.4) is 0 Å². The molecule has 1 spiro atoms.